The summed E-state index contributed by atoms with van der Waals surface area (Å²) in [7, 11) is 0. The van der Waals surface area contributed by atoms with Crippen LogP contribution in [-0.4, -0.2) is 21.2 Å². The van der Waals surface area contributed by atoms with Gasteiger partial charge in [-0.1, -0.05) is 0 Å². The summed E-state index contributed by atoms with van der Waals surface area (Å²) in [5.41, 5.74) is 0. The number of carboxylic acid groups (broad SMARTS) is 1. The van der Waals surface area contributed by atoms with Gasteiger partial charge in [0, 0.05) is 6.20 Å². The van der Waals surface area contributed by atoms with Crippen molar-refractivity contribution in [2.45, 2.75) is 0 Å². The fourth-order valence-corrected chi connectivity index (χ4v) is 0.941. The van der Waals surface area contributed by atoms with Crippen molar-refractivity contribution in [1.82, 2.24) is 9.97 Å². The molecule has 1 aromatic rings. The molecule has 0 saturated heterocycles. The predicted molar refractivity (Wildman–Crippen MR) is 46.4 cm³/mol. The molecule has 0 aliphatic rings. The van der Waals surface area contributed by atoms with Gasteiger partial charge in [-0.05, 0) is 22.6 Å². The molecule has 0 aromatic carbocycles. The molecule has 6 heteroatoms. The standard InChI is InChI=1S/C5H4IN3O2/c6-3-1-7-2-8-4(3)9-5(10)11/h1-2H,(H,10,11)(H,7,8,9). The van der Waals surface area contributed by atoms with Gasteiger partial charge in [0.05, 0.1) is 3.57 Å². The monoisotopic (exact) mass is 265 g/mol. The summed E-state index contributed by atoms with van der Waals surface area (Å²) in [5.74, 6) is 0.313. The molecular weight excluding hydrogens is 261 g/mol. The molecule has 2 N–H and O–H groups in total. The molecule has 58 valence electrons. The highest BCUT2D eigenvalue weighted by Crippen LogP contribution is 2.11. The van der Waals surface area contributed by atoms with Crippen molar-refractivity contribution < 1.29 is 9.90 Å². The van der Waals surface area contributed by atoms with Gasteiger partial charge in [0.1, 0.15) is 6.33 Å². The van der Waals surface area contributed by atoms with Crippen LogP contribution in [0.25, 0.3) is 0 Å². The number of nitrogens with one attached hydrogen (secondary N) is 1. The lowest BCUT2D eigenvalue weighted by Crippen LogP contribution is -2.10. The van der Waals surface area contributed by atoms with Crippen LogP contribution in [-0.2, 0) is 0 Å². The zero-order valence-electron chi connectivity index (χ0n) is 5.28. The molecule has 5 nitrogen and oxygen atoms in total. The van der Waals surface area contributed by atoms with Crippen LogP contribution in [0.5, 0.6) is 0 Å². The minimum atomic E-state index is -1.12. The molecule has 0 bridgehead atoms. The predicted octanol–water partition coefficient (Wildman–Crippen LogP) is 1.17. The fourth-order valence-electron chi connectivity index (χ4n) is 0.506. The zero-order valence-corrected chi connectivity index (χ0v) is 7.44. The van der Waals surface area contributed by atoms with Crippen molar-refractivity contribution in [1.29, 1.82) is 0 Å². The third-order valence-electron chi connectivity index (χ3n) is 0.893. The number of anilines is 1. The maximum absolute atomic E-state index is 10.1. The molecular formula is C5H4IN3O2. The van der Waals surface area contributed by atoms with Gasteiger partial charge in [0.15, 0.2) is 5.82 Å². The summed E-state index contributed by atoms with van der Waals surface area (Å²) in [4.78, 5) is 17.6. The second-order valence-corrected chi connectivity index (χ2v) is 2.81. The molecule has 0 atom stereocenters. The molecule has 0 aliphatic carbocycles. The Morgan fingerprint density at radius 3 is 3.00 bits per heavy atom. The van der Waals surface area contributed by atoms with E-state index in [2.05, 4.69) is 15.3 Å². The van der Waals surface area contributed by atoms with Crippen molar-refractivity contribution in [3.8, 4) is 0 Å². The molecule has 0 aliphatic heterocycles. The Morgan fingerprint density at radius 1 is 1.73 bits per heavy atom. The number of hydrogen-bond acceptors (Lipinski definition) is 3. The maximum atomic E-state index is 10.1. The second kappa shape index (κ2) is 3.46. The summed E-state index contributed by atoms with van der Waals surface area (Å²) >= 11 is 1.94. The van der Waals surface area contributed by atoms with Crippen LogP contribution in [0.3, 0.4) is 0 Å². The molecule has 11 heavy (non-hydrogen) atoms. The van der Waals surface area contributed by atoms with Gasteiger partial charge >= 0.3 is 6.09 Å². The Kier molecular flexibility index (Phi) is 2.58. The molecule has 0 spiro atoms. The summed E-state index contributed by atoms with van der Waals surface area (Å²) in [6.45, 7) is 0. The third-order valence-corrected chi connectivity index (χ3v) is 1.68. The largest absolute Gasteiger partial charge is 0.465 e. The van der Waals surface area contributed by atoms with E-state index in [4.69, 9.17) is 5.11 Å². The lowest BCUT2D eigenvalue weighted by Gasteiger charge is -1.99. The summed E-state index contributed by atoms with van der Waals surface area (Å²) in [5, 5.41) is 10.4. The Bertz CT molecular complexity index is 278. The van der Waals surface area contributed by atoms with Gasteiger partial charge in [-0.2, -0.15) is 0 Å². The SMILES string of the molecule is O=C(O)Nc1ncncc1I. The topological polar surface area (TPSA) is 75.1 Å². The molecule has 1 amide bonds. The van der Waals surface area contributed by atoms with Gasteiger partial charge in [0.25, 0.3) is 0 Å². The maximum Gasteiger partial charge on any atom is 0.410 e. The average Bonchev–Trinajstić information content (AvgIpc) is 1.93. The van der Waals surface area contributed by atoms with Gasteiger partial charge in [-0.15, -0.1) is 0 Å². The van der Waals surface area contributed by atoms with Crippen LogP contribution < -0.4 is 5.32 Å². The summed E-state index contributed by atoms with van der Waals surface area (Å²) in [6, 6.07) is 0. The first kappa shape index (κ1) is 8.18. The summed E-state index contributed by atoms with van der Waals surface area (Å²) < 4.78 is 0.674. The van der Waals surface area contributed by atoms with Gasteiger partial charge in [0.2, 0.25) is 0 Å². The Hall–Kier alpha value is -0.920. The second-order valence-electron chi connectivity index (χ2n) is 1.65. The normalized spacial score (nSPS) is 9.18. The highest BCUT2D eigenvalue weighted by Gasteiger charge is 2.02. The smallest absolute Gasteiger partial charge is 0.410 e. The molecule has 0 saturated carbocycles. The van der Waals surface area contributed by atoms with E-state index in [0.29, 0.717) is 9.39 Å². The van der Waals surface area contributed by atoms with Crippen molar-refractivity contribution in [3.05, 3.63) is 16.1 Å². The van der Waals surface area contributed by atoms with E-state index >= 15 is 0 Å². The molecule has 1 heterocycles. The molecule has 1 rings (SSSR count). The van der Waals surface area contributed by atoms with Gasteiger partial charge < -0.3 is 5.11 Å². The van der Waals surface area contributed by atoms with E-state index in [-0.39, 0.29) is 0 Å². The number of nitrogens with zero attached hydrogens (tertiary/aromatic N) is 2. The van der Waals surface area contributed by atoms with E-state index in [1.165, 1.54) is 12.5 Å². The number of rotatable bonds is 1. The van der Waals surface area contributed by atoms with Crippen LogP contribution in [0.1, 0.15) is 0 Å². The highest BCUT2D eigenvalue weighted by atomic mass is 127. The van der Waals surface area contributed by atoms with E-state index in [1.807, 2.05) is 22.6 Å². The molecule has 0 unspecified atom stereocenters. The highest BCUT2D eigenvalue weighted by molar-refractivity contribution is 14.1. The first-order chi connectivity index (χ1) is 5.20. The Balaban J connectivity index is 2.86. The van der Waals surface area contributed by atoms with Crippen LogP contribution in [0.15, 0.2) is 12.5 Å². The minimum Gasteiger partial charge on any atom is -0.465 e. The van der Waals surface area contributed by atoms with Crippen LogP contribution in [0.2, 0.25) is 0 Å². The first-order valence-corrected chi connectivity index (χ1v) is 3.73. The van der Waals surface area contributed by atoms with Crippen molar-refractivity contribution in [3.63, 3.8) is 0 Å². The van der Waals surface area contributed by atoms with E-state index in [1.54, 1.807) is 0 Å². The minimum absolute atomic E-state index is 0.313. The average molecular weight is 265 g/mol. The summed E-state index contributed by atoms with van der Waals surface area (Å²) in [6.07, 6.45) is 1.69. The van der Waals surface area contributed by atoms with Gasteiger partial charge in [-0.25, -0.2) is 14.8 Å². The van der Waals surface area contributed by atoms with Crippen LogP contribution in [0.4, 0.5) is 10.6 Å². The van der Waals surface area contributed by atoms with Crippen LogP contribution >= 0.6 is 22.6 Å². The zero-order chi connectivity index (χ0) is 8.27. The van der Waals surface area contributed by atoms with Crippen molar-refractivity contribution >= 4 is 34.5 Å². The number of amides is 1. The number of aromatic nitrogens is 2. The Morgan fingerprint density at radius 2 is 2.45 bits per heavy atom. The quantitative estimate of drug-likeness (QED) is 0.747. The van der Waals surface area contributed by atoms with E-state index in [9.17, 15) is 4.79 Å². The Labute approximate surface area is 76.0 Å². The number of carbonyl (C=O) groups is 1. The van der Waals surface area contributed by atoms with Crippen LogP contribution in [0, 0.1) is 3.57 Å². The first-order valence-electron chi connectivity index (χ1n) is 2.65. The number of hydrogen-bond donors (Lipinski definition) is 2. The molecule has 1 aromatic heterocycles. The number of halogens is 1. The van der Waals surface area contributed by atoms with Gasteiger partial charge in [-0.3, -0.25) is 5.32 Å². The molecule has 0 fully saturated rings. The lowest BCUT2D eigenvalue weighted by molar-refractivity contribution is 0.209. The fraction of sp³-hybridized carbons (Fsp3) is 0. The van der Waals surface area contributed by atoms with E-state index in [0.717, 1.165) is 0 Å². The van der Waals surface area contributed by atoms with E-state index < -0.39 is 6.09 Å². The van der Waals surface area contributed by atoms with Crippen molar-refractivity contribution in [2.75, 3.05) is 5.32 Å². The third kappa shape index (κ3) is 2.30. The lowest BCUT2D eigenvalue weighted by atomic mass is 10.6. The van der Waals surface area contributed by atoms with Crippen molar-refractivity contribution in [2.24, 2.45) is 0 Å². The molecule has 0 radical (unpaired) electrons.